The molecule has 4 rings (SSSR count). The standard InChI is InChI=1S/C22H23ClN2O2/c23-18-8-9-19(22(27)25-10-1-2-11-25)20(14-18)24-21(26)13-15-6-7-16-4-3-5-17(16)12-15/h6-9,12,14H,1-5,10-11,13H2,(H,24,26). The number of anilines is 1. The molecule has 1 saturated heterocycles. The van der Waals surface area contributed by atoms with Gasteiger partial charge in [0, 0.05) is 18.1 Å². The Labute approximate surface area is 164 Å². The molecule has 4 nitrogen and oxygen atoms in total. The molecule has 2 aliphatic rings. The van der Waals surface area contributed by atoms with Gasteiger partial charge in [0.2, 0.25) is 5.91 Å². The smallest absolute Gasteiger partial charge is 0.255 e. The van der Waals surface area contributed by atoms with E-state index in [0.29, 0.717) is 16.3 Å². The van der Waals surface area contributed by atoms with Crippen molar-refractivity contribution < 1.29 is 9.59 Å². The lowest BCUT2D eigenvalue weighted by atomic mass is 10.0. The third-order valence-corrected chi connectivity index (χ3v) is 5.64. The molecule has 2 aromatic rings. The summed E-state index contributed by atoms with van der Waals surface area (Å²) in [5, 5.41) is 3.40. The first-order valence-corrected chi connectivity index (χ1v) is 9.97. The Bertz CT molecular complexity index is 888. The first kappa shape index (κ1) is 18.1. The monoisotopic (exact) mass is 382 g/mol. The van der Waals surface area contributed by atoms with Gasteiger partial charge in [-0.3, -0.25) is 9.59 Å². The Balaban J connectivity index is 1.50. The van der Waals surface area contributed by atoms with E-state index in [1.54, 1.807) is 18.2 Å². The molecule has 140 valence electrons. The molecule has 1 fully saturated rings. The number of hydrogen-bond donors (Lipinski definition) is 1. The van der Waals surface area contributed by atoms with Gasteiger partial charge in [0.25, 0.3) is 5.91 Å². The number of aryl methyl sites for hydroxylation is 2. The molecule has 1 N–H and O–H groups in total. The highest BCUT2D eigenvalue weighted by atomic mass is 35.5. The van der Waals surface area contributed by atoms with Crippen LogP contribution < -0.4 is 5.32 Å². The molecule has 0 bridgehead atoms. The van der Waals surface area contributed by atoms with Gasteiger partial charge in [-0.1, -0.05) is 29.8 Å². The summed E-state index contributed by atoms with van der Waals surface area (Å²) in [5.74, 6) is -0.178. The van der Waals surface area contributed by atoms with Crippen molar-refractivity contribution in [1.82, 2.24) is 4.90 Å². The van der Waals surface area contributed by atoms with E-state index in [0.717, 1.165) is 44.3 Å². The van der Waals surface area contributed by atoms with Crippen molar-refractivity contribution in [3.63, 3.8) is 0 Å². The van der Waals surface area contributed by atoms with Gasteiger partial charge in [0.15, 0.2) is 0 Å². The topological polar surface area (TPSA) is 49.4 Å². The molecule has 1 aliphatic heterocycles. The maximum Gasteiger partial charge on any atom is 0.255 e. The van der Waals surface area contributed by atoms with Crippen molar-refractivity contribution in [3.05, 3.63) is 63.7 Å². The third kappa shape index (κ3) is 4.01. The van der Waals surface area contributed by atoms with Crippen molar-refractivity contribution in [1.29, 1.82) is 0 Å². The minimum atomic E-state index is -0.134. The summed E-state index contributed by atoms with van der Waals surface area (Å²) in [4.78, 5) is 27.2. The number of nitrogens with one attached hydrogen (secondary N) is 1. The summed E-state index contributed by atoms with van der Waals surface area (Å²) in [6.45, 7) is 1.54. The maximum absolute atomic E-state index is 12.8. The maximum atomic E-state index is 12.8. The second kappa shape index (κ2) is 7.73. The van der Waals surface area contributed by atoms with Crippen LogP contribution in [0, 0.1) is 0 Å². The zero-order chi connectivity index (χ0) is 18.8. The van der Waals surface area contributed by atoms with Crippen LogP contribution in [0.25, 0.3) is 0 Å². The van der Waals surface area contributed by atoms with Crippen LogP contribution in [-0.4, -0.2) is 29.8 Å². The predicted molar refractivity (Wildman–Crippen MR) is 107 cm³/mol. The number of fused-ring (bicyclic) bond motifs is 1. The summed E-state index contributed by atoms with van der Waals surface area (Å²) in [5.41, 5.74) is 4.75. The number of likely N-dealkylation sites (tertiary alicyclic amines) is 1. The van der Waals surface area contributed by atoms with Crippen LogP contribution in [-0.2, 0) is 24.1 Å². The predicted octanol–water partition coefficient (Wildman–Crippen LogP) is 4.25. The number of carbonyl (C=O) groups is 2. The second-order valence-electron chi connectivity index (χ2n) is 7.37. The molecule has 0 atom stereocenters. The molecule has 1 aliphatic carbocycles. The lowest BCUT2D eigenvalue weighted by Gasteiger charge is -2.18. The highest BCUT2D eigenvalue weighted by Gasteiger charge is 2.23. The first-order chi connectivity index (χ1) is 13.1. The molecular weight excluding hydrogens is 360 g/mol. The van der Waals surface area contributed by atoms with Crippen LogP contribution in [0.2, 0.25) is 5.02 Å². The fourth-order valence-electron chi connectivity index (χ4n) is 4.01. The number of amides is 2. The van der Waals surface area contributed by atoms with Gasteiger partial charge in [-0.25, -0.2) is 0 Å². The number of carbonyl (C=O) groups excluding carboxylic acids is 2. The van der Waals surface area contributed by atoms with E-state index in [9.17, 15) is 9.59 Å². The zero-order valence-electron chi connectivity index (χ0n) is 15.3. The Hall–Kier alpha value is -2.33. The molecule has 5 heteroatoms. The van der Waals surface area contributed by atoms with E-state index in [4.69, 9.17) is 11.6 Å². The summed E-state index contributed by atoms with van der Waals surface area (Å²) >= 11 is 6.11. The van der Waals surface area contributed by atoms with Crippen LogP contribution in [0.15, 0.2) is 36.4 Å². The van der Waals surface area contributed by atoms with E-state index >= 15 is 0 Å². The number of nitrogens with zero attached hydrogens (tertiary/aromatic N) is 1. The van der Waals surface area contributed by atoms with Crippen LogP contribution >= 0.6 is 11.6 Å². The molecule has 0 saturated carbocycles. The van der Waals surface area contributed by atoms with Crippen LogP contribution in [0.4, 0.5) is 5.69 Å². The van der Waals surface area contributed by atoms with Gasteiger partial charge in [-0.2, -0.15) is 0 Å². The van der Waals surface area contributed by atoms with Crippen LogP contribution in [0.5, 0.6) is 0 Å². The number of hydrogen-bond acceptors (Lipinski definition) is 2. The number of halogens is 1. The Morgan fingerprint density at radius 1 is 0.963 bits per heavy atom. The van der Waals surface area contributed by atoms with Gasteiger partial charge in [-0.15, -0.1) is 0 Å². The van der Waals surface area contributed by atoms with Crippen molar-refractivity contribution in [2.45, 2.75) is 38.5 Å². The quantitative estimate of drug-likeness (QED) is 0.859. The molecule has 0 spiro atoms. The van der Waals surface area contributed by atoms with Gasteiger partial charge >= 0.3 is 0 Å². The Morgan fingerprint density at radius 2 is 1.74 bits per heavy atom. The number of benzene rings is 2. The minimum Gasteiger partial charge on any atom is -0.339 e. The van der Waals surface area contributed by atoms with Gasteiger partial charge in [0.05, 0.1) is 17.7 Å². The Kier molecular flexibility index (Phi) is 5.17. The molecule has 2 amide bonds. The Morgan fingerprint density at radius 3 is 2.56 bits per heavy atom. The van der Waals surface area contributed by atoms with E-state index in [2.05, 4.69) is 17.4 Å². The van der Waals surface area contributed by atoms with E-state index in [-0.39, 0.29) is 18.2 Å². The third-order valence-electron chi connectivity index (χ3n) is 5.41. The molecule has 0 unspecified atom stereocenters. The van der Waals surface area contributed by atoms with Gasteiger partial charge in [0.1, 0.15) is 0 Å². The summed E-state index contributed by atoms with van der Waals surface area (Å²) < 4.78 is 0. The SMILES string of the molecule is O=C(Cc1ccc2c(c1)CCC2)Nc1cc(Cl)ccc1C(=O)N1CCCC1. The lowest BCUT2D eigenvalue weighted by Crippen LogP contribution is -2.29. The number of rotatable bonds is 4. The molecule has 0 aromatic heterocycles. The molecular formula is C22H23ClN2O2. The lowest BCUT2D eigenvalue weighted by molar-refractivity contribution is -0.115. The molecule has 2 aromatic carbocycles. The van der Waals surface area contributed by atoms with Gasteiger partial charge < -0.3 is 10.2 Å². The van der Waals surface area contributed by atoms with E-state index < -0.39 is 0 Å². The van der Waals surface area contributed by atoms with Crippen molar-refractivity contribution in [2.75, 3.05) is 18.4 Å². The molecule has 0 radical (unpaired) electrons. The van der Waals surface area contributed by atoms with Crippen LogP contribution in [0.1, 0.15) is 46.3 Å². The van der Waals surface area contributed by atoms with Crippen LogP contribution in [0.3, 0.4) is 0 Å². The second-order valence-corrected chi connectivity index (χ2v) is 7.81. The fraction of sp³-hybridized carbons (Fsp3) is 0.364. The molecule has 27 heavy (non-hydrogen) atoms. The van der Waals surface area contributed by atoms with Crippen molar-refractivity contribution >= 4 is 29.1 Å². The van der Waals surface area contributed by atoms with E-state index in [1.807, 2.05) is 11.0 Å². The zero-order valence-corrected chi connectivity index (χ0v) is 16.0. The summed E-state index contributed by atoms with van der Waals surface area (Å²) in [6.07, 6.45) is 5.76. The van der Waals surface area contributed by atoms with Crippen molar-refractivity contribution in [3.8, 4) is 0 Å². The highest BCUT2D eigenvalue weighted by molar-refractivity contribution is 6.31. The largest absolute Gasteiger partial charge is 0.339 e. The summed E-state index contributed by atoms with van der Waals surface area (Å²) in [6, 6.07) is 11.3. The van der Waals surface area contributed by atoms with Crippen molar-refractivity contribution in [2.24, 2.45) is 0 Å². The minimum absolute atomic E-state index is 0.0444. The average Bonchev–Trinajstić information content (AvgIpc) is 3.32. The first-order valence-electron chi connectivity index (χ1n) is 9.59. The van der Waals surface area contributed by atoms with Gasteiger partial charge in [-0.05, 0) is 67.0 Å². The summed E-state index contributed by atoms with van der Waals surface area (Å²) in [7, 11) is 0. The highest BCUT2D eigenvalue weighted by Crippen LogP contribution is 2.26. The normalized spacial score (nSPS) is 15.7. The molecule has 1 heterocycles. The van der Waals surface area contributed by atoms with E-state index in [1.165, 1.54) is 17.5 Å². The fourth-order valence-corrected chi connectivity index (χ4v) is 4.18. The average molecular weight is 383 g/mol.